The molecule has 0 saturated carbocycles. The molecule has 2 N–H and O–H groups in total. The first-order valence-corrected chi connectivity index (χ1v) is 6.54. The molecule has 0 unspecified atom stereocenters. The fourth-order valence-corrected chi connectivity index (χ4v) is 2.45. The van der Waals surface area contributed by atoms with Crippen molar-refractivity contribution in [2.75, 3.05) is 5.73 Å². The zero-order chi connectivity index (χ0) is 13.1. The van der Waals surface area contributed by atoms with Gasteiger partial charge in [0.05, 0.1) is 10.7 Å². The molecule has 0 aliphatic rings. The average Bonchev–Trinajstić information content (AvgIpc) is 2.34. The summed E-state index contributed by atoms with van der Waals surface area (Å²) >= 11 is 7.02. The van der Waals surface area contributed by atoms with Crippen LogP contribution in [-0.2, 0) is 5.75 Å². The first kappa shape index (κ1) is 13.2. The Kier molecular flexibility index (Phi) is 4.09. The summed E-state index contributed by atoms with van der Waals surface area (Å²) in [6.07, 6.45) is 0. The highest BCUT2D eigenvalue weighted by molar-refractivity contribution is 7.98. The first-order chi connectivity index (χ1) is 8.56. The number of benzene rings is 2. The van der Waals surface area contributed by atoms with Gasteiger partial charge >= 0.3 is 0 Å². The van der Waals surface area contributed by atoms with Crippen molar-refractivity contribution in [3.05, 3.63) is 58.6 Å². The number of halogens is 3. The van der Waals surface area contributed by atoms with Gasteiger partial charge in [0.15, 0.2) is 0 Å². The van der Waals surface area contributed by atoms with Crippen LogP contribution in [0.2, 0.25) is 5.02 Å². The molecule has 5 heteroatoms. The third kappa shape index (κ3) is 3.15. The molecule has 2 rings (SSSR count). The lowest BCUT2D eigenvalue weighted by atomic mass is 10.2. The van der Waals surface area contributed by atoms with E-state index in [4.69, 9.17) is 17.3 Å². The Labute approximate surface area is 113 Å². The molecule has 0 aliphatic heterocycles. The molecule has 0 bridgehead atoms. The van der Waals surface area contributed by atoms with E-state index < -0.39 is 11.6 Å². The van der Waals surface area contributed by atoms with Crippen molar-refractivity contribution in [1.29, 1.82) is 0 Å². The second-order valence-electron chi connectivity index (χ2n) is 3.72. The quantitative estimate of drug-likeness (QED) is 0.664. The maximum absolute atomic E-state index is 13.4. The van der Waals surface area contributed by atoms with Gasteiger partial charge < -0.3 is 5.73 Å². The topological polar surface area (TPSA) is 26.0 Å². The Morgan fingerprint density at radius 2 is 1.89 bits per heavy atom. The van der Waals surface area contributed by atoms with E-state index in [-0.39, 0.29) is 4.90 Å². The second kappa shape index (κ2) is 5.59. The van der Waals surface area contributed by atoms with Gasteiger partial charge in [0.2, 0.25) is 0 Å². The number of hydrogen-bond acceptors (Lipinski definition) is 2. The standard InChI is InChI=1S/C13H10ClF2NS/c14-10-3-1-8(5-12(10)17)7-18-13-6-9(15)2-4-11(13)16/h1-6H,7,17H2. The van der Waals surface area contributed by atoms with E-state index in [0.717, 1.165) is 17.7 Å². The molecule has 0 fully saturated rings. The van der Waals surface area contributed by atoms with Gasteiger partial charge in [0, 0.05) is 10.6 Å². The maximum Gasteiger partial charge on any atom is 0.136 e. The van der Waals surface area contributed by atoms with Crippen molar-refractivity contribution >= 4 is 29.1 Å². The highest BCUT2D eigenvalue weighted by Gasteiger charge is 2.05. The van der Waals surface area contributed by atoms with Gasteiger partial charge in [-0.3, -0.25) is 0 Å². The number of anilines is 1. The number of thioether (sulfide) groups is 1. The fraction of sp³-hybridized carbons (Fsp3) is 0.0769. The van der Waals surface area contributed by atoms with Crippen LogP contribution in [0.4, 0.5) is 14.5 Å². The molecule has 1 nitrogen and oxygen atoms in total. The molecule has 0 atom stereocenters. The third-order valence-corrected chi connectivity index (χ3v) is 3.79. The van der Waals surface area contributed by atoms with Crippen LogP contribution >= 0.6 is 23.4 Å². The number of rotatable bonds is 3. The van der Waals surface area contributed by atoms with Gasteiger partial charge in [-0.15, -0.1) is 11.8 Å². The largest absolute Gasteiger partial charge is 0.398 e. The molecule has 18 heavy (non-hydrogen) atoms. The molecule has 2 aromatic carbocycles. The summed E-state index contributed by atoms with van der Waals surface area (Å²) in [4.78, 5) is 0.281. The van der Waals surface area contributed by atoms with Crippen molar-refractivity contribution in [1.82, 2.24) is 0 Å². The van der Waals surface area contributed by atoms with E-state index in [1.165, 1.54) is 17.8 Å². The minimum atomic E-state index is -0.450. The second-order valence-corrected chi connectivity index (χ2v) is 5.14. The molecule has 0 aromatic heterocycles. The van der Waals surface area contributed by atoms with E-state index in [1.54, 1.807) is 12.1 Å². The fourth-order valence-electron chi connectivity index (χ4n) is 1.43. The number of nitrogen functional groups attached to an aromatic ring is 1. The SMILES string of the molecule is Nc1cc(CSc2cc(F)ccc2F)ccc1Cl. The molecular formula is C13H10ClF2NS. The first-order valence-electron chi connectivity index (χ1n) is 5.18. The van der Waals surface area contributed by atoms with Crippen molar-refractivity contribution < 1.29 is 8.78 Å². The summed E-state index contributed by atoms with van der Waals surface area (Å²) in [7, 11) is 0. The van der Waals surface area contributed by atoms with Gasteiger partial charge in [-0.05, 0) is 35.9 Å². The van der Waals surface area contributed by atoms with Crippen LogP contribution < -0.4 is 5.73 Å². The van der Waals surface area contributed by atoms with E-state index in [9.17, 15) is 8.78 Å². The van der Waals surface area contributed by atoms with Gasteiger partial charge in [0.25, 0.3) is 0 Å². The molecule has 0 heterocycles. The third-order valence-electron chi connectivity index (χ3n) is 2.35. The lowest BCUT2D eigenvalue weighted by Gasteiger charge is -2.05. The average molecular weight is 286 g/mol. The van der Waals surface area contributed by atoms with Gasteiger partial charge in [-0.25, -0.2) is 8.78 Å². The van der Waals surface area contributed by atoms with Crippen molar-refractivity contribution in [2.45, 2.75) is 10.6 Å². The molecule has 0 amide bonds. The Morgan fingerprint density at radius 1 is 1.11 bits per heavy atom. The number of hydrogen-bond donors (Lipinski definition) is 1. The minimum absolute atomic E-state index is 0.281. The summed E-state index contributed by atoms with van der Waals surface area (Å²) in [6, 6.07) is 8.62. The summed E-state index contributed by atoms with van der Waals surface area (Å²) in [5.41, 5.74) is 7.06. The molecule has 94 valence electrons. The Hall–Kier alpha value is -1.26. The van der Waals surface area contributed by atoms with Crippen LogP contribution in [0.5, 0.6) is 0 Å². The van der Waals surface area contributed by atoms with Gasteiger partial charge in [0.1, 0.15) is 11.6 Å². The summed E-state index contributed by atoms with van der Waals surface area (Å²) < 4.78 is 26.4. The molecule has 0 aliphatic carbocycles. The van der Waals surface area contributed by atoms with Gasteiger partial charge in [-0.2, -0.15) is 0 Å². The van der Waals surface area contributed by atoms with E-state index >= 15 is 0 Å². The van der Waals surface area contributed by atoms with Crippen LogP contribution in [0, 0.1) is 11.6 Å². The smallest absolute Gasteiger partial charge is 0.136 e. The molecule has 0 saturated heterocycles. The Balaban J connectivity index is 2.11. The molecule has 2 aromatic rings. The van der Waals surface area contributed by atoms with E-state index in [1.807, 2.05) is 6.07 Å². The van der Waals surface area contributed by atoms with Crippen LogP contribution in [0.25, 0.3) is 0 Å². The Morgan fingerprint density at radius 3 is 2.61 bits per heavy atom. The monoisotopic (exact) mass is 285 g/mol. The normalized spacial score (nSPS) is 10.6. The summed E-state index contributed by atoms with van der Waals surface area (Å²) in [5, 5.41) is 0.487. The van der Waals surface area contributed by atoms with E-state index in [2.05, 4.69) is 0 Å². The van der Waals surface area contributed by atoms with Crippen LogP contribution in [0.3, 0.4) is 0 Å². The summed E-state index contributed by atoms with van der Waals surface area (Å²) in [5.74, 6) is -0.375. The zero-order valence-electron chi connectivity index (χ0n) is 9.29. The summed E-state index contributed by atoms with van der Waals surface area (Å²) in [6.45, 7) is 0. The predicted molar refractivity (Wildman–Crippen MR) is 71.8 cm³/mol. The van der Waals surface area contributed by atoms with E-state index in [0.29, 0.717) is 16.5 Å². The molecule has 0 spiro atoms. The Bertz CT molecular complexity index is 575. The molecular weight excluding hydrogens is 276 g/mol. The van der Waals surface area contributed by atoms with Crippen LogP contribution in [-0.4, -0.2) is 0 Å². The lowest BCUT2D eigenvalue weighted by Crippen LogP contribution is -1.90. The lowest BCUT2D eigenvalue weighted by molar-refractivity contribution is 0.577. The molecule has 0 radical (unpaired) electrons. The highest BCUT2D eigenvalue weighted by Crippen LogP contribution is 2.28. The van der Waals surface area contributed by atoms with Crippen molar-refractivity contribution in [3.8, 4) is 0 Å². The van der Waals surface area contributed by atoms with Crippen molar-refractivity contribution in [2.24, 2.45) is 0 Å². The van der Waals surface area contributed by atoms with Crippen LogP contribution in [0.15, 0.2) is 41.3 Å². The maximum atomic E-state index is 13.4. The zero-order valence-corrected chi connectivity index (χ0v) is 10.9. The highest BCUT2D eigenvalue weighted by atomic mass is 35.5. The minimum Gasteiger partial charge on any atom is -0.398 e. The van der Waals surface area contributed by atoms with Crippen molar-refractivity contribution in [3.63, 3.8) is 0 Å². The predicted octanol–water partition coefficient (Wildman–Crippen LogP) is 4.49. The van der Waals surface area contributed by atoms with Gasteiger partial charge in [-0.1, -0.05) is 17.7 Å². The van der Waals surface area contributed by atoms with Crippen LogP contribution in [0.1, 0.15) is 5.56 Å². The number of nitrogens with two attached hydrogens (primary N) is 1.